The smallest absolute Gasteiger partial charge is 0.443 e. The number of aryl methyl sites for hydroxylation is 2. The highest BCUT2D eigenvalue weighted by Crippen LogP contribution is 2.43. The summed E-state index contributed by atoms with van der Waals surface area (Å²) in [5.74, 6) is 0.340. The van der Waals surface area contributed by atoms with E-state index in [1.807, 2.05) is 6.92 Å². The third-order valence-electron chi connectivity index (χ3n) is 5.76. The average molecular weight is 513 g/mol. The second kappa shape index (κ2) is 9.44. The number of piperazine rings is 1. The molecule has 1 aliphatic heterocycles. The second-order valence-corrected chi connectivity index (χ2v) is 9.24. The summed E-state index contributed by atoms with van der Waals surface area (Å²) in [6, 6.07) is 3.67. The molecule has 4 rings (SSSR count). The number of ether oxygens (including phenoxy) is 1. The Hall–Kier alpha value is -3.22. The zero-order chi connectivity index (χ0) is 25.5. The maximum Gasteiger partial charge on any atom is 0.443 e. The summed E-state index contributed by atoms with van der Waals surface area (Å²) in [6.07, 6.45) is -4.64. The predicted molar refractivity (Wildman–Crippen MR) is 122 cm³/mol. The van der Waals surface area contributed by atoms with Crippen molar-refractivity contribution in [3.63, 3.8) is 0 Å². The Kier molecular flexibility index (Phi) is 6.71. The van der Waals surface area contributed by atoms with Crippen molar-refractivity contribution in [1.82, 2.24) is 24.6 Å². The lowest BCUT2D eigenvalue weighted by molar-refractivity contribution is -0.137. The van der Waals surface area contributed by atoms with Gasteiger partial charge < -0.3 is 14.5 Å². The molecule has 0 aliphatic carbocycles. The van der Waals surface area contributed by atoms with Gasteiger partial charge in [-0.05, 0) is 39.0 Å². The van der Waals surface area contributed by atoms with Crippen molar-refractivity contribution < 1.29 is 27.1 Å². The minimum absolute atomic E-state index is 0.0138. The van der Waals surface area contributed by atoms with E-state index in [0.717, 1.165) is 6.07 Å². The van der Waals surface area contributed by atoms with Crippen LogP contribution in [-0.4, -0.2) is 63.3 Å². The molecule has 0 bridgehead atoms. The molecule has 1 fully saturated rings. The minimum Gasteiger partial charge on any atom is -0.494 e. The van der Waals surface area contributed by atoms with Crippen molar-refractivity contribution >= 4 is 22.2 Å². The van der Waals surface area contributed by atoms with Crippen LogP contribution >= 0.6 is 11.3 Å². The molecule has 3 heterocycles. The Morgan fingerprint density at radius 1 is 1.23 bits per heavy atom. The molecule has 0 unspecified atom stereocenters. The number of benzene rings is 1. The van der Waals surface area contributed by atoms with Gasteiger partial charge >= 0.3 is 6.18 Å². The number of carbonyl (C=O) groups excluding carboxylic acids is 1. The number of hydrogen-bond acceptors (Lipinski definition) is 7. The Morgan fingerprint density at radius 3 is 2.54 bits per heavy atom. The number of alkyl halides is 3. The van der Waals surface area contributed by atoms with Crippen LogP contribution in [0.1, 0.15) is 23.6 Å². The largest absolute Gasteiger partial charge is 0.494 e. The lowest BCUT2D eigenvalue weighted by Gasteiger charge is -2.40. The number of hydrogen-bond donors (Lipinski definition) is 0. The molecule has 1 amide bonds. The summed E-state index contributed by atoms with van der Waals surface area (Å²) in [5.41, 5.74) is 0.262. The number of aromatic nitrogens is 4. The summed E-state index contributed by atoms with van der Waals surface area (Å²) in [5, 5.41) is 3.49. The maximum absolute atomic E-state index is 14.3. The summed E-state index contributed by atoms with van der Waals surface area (Å²) in [6.45, 7) is 6.28. The van der Waals surface area contributed by atoms with E-state index >= 15 is 0 Å². The average Bonchev–Trinajstić information content (AvgIpc) is 3.36. The summed E-state index contributed by atoms with van der Waals surface area (Å²) >= 11 is 0.513. The Bertz CT molecular complexity index is 1240. The van der Waals surface area contributed by atoms with Crippen LogP contribution < -0.4 is 9.64 Å². The van der Waals surface area contributed by atoms with Gasteiger partial charge in [0.2, 0.25) is 10.9 Å². The number of halogens is 4. The van der Waals surface area contributed by atoms with Gasteiger partial charge in [0.25, 0.3) is 0 Å². The van der Waals surface area contributed by atoms with Crippen molar-refractivity contribution in [2.24, 2.45) is 0 Å². The molecule has 1 atom stereocenters. The van der Waals surface area contributed by atoms with Gasteiger partial charge in [0.15, 0.2) is 11.6 Å². The van der Waals surface area contributed by atoms with E-state index in [2.05, 4.69) is 15.1 Å². The molecule has 188 valence electrons. The van der Waals surface area contributed by atoms with E-state index in [4.69, 9.17) is 4.74 Å². The highest BCUT2D eigenvalue weighted by Gasteiger charge is 2.38. The molecule has 0 radical (unpaired) electrons. The van der Waals surface area contributed by atoms with Crippen LogP contribution in [0.15, 0.2) is 18.2 Å². The SMILES string of the molecule is COc1ccc(-c2nc(C(F)(F)F)sc2N2CCN(C(=O)Cn3nc(C)nc3C)[C@H](C)C2)cc1F. The highest BCUT2D eigenvalue weighted by atomic mass is 32.1. The van der Waals surface area contributed by atoms with Gasteiger partial charge in [-0.1, -0.05) is 11.3 Å². The van der Waals surface area contributed by atoms with Crippen molar-refractivity contribution in [3.8, 4) is 17.0 Å². The van der Waals surface area contributed by atoms with Crippen molar-refractivity contribution in [1.29, 1.82) is 0 Å². The van der Waals surface area contributed by atoms with Gasteiger partial charge in [0.05, 0.1) is 7.11 Å². The molecule has 0 N–H and O–H groups in total. The van der Waals surface area contributed by atoms with Crippen LogP contribution in [0, 0.1) is 19.7 Å². The molecular weight excluding hydrogens is 488 g/mol. The van der Waals surface area contributed by atoms with Gasteiger partial charge in [-0.15, -0.1) is 0 Å². The summed E-state index contributed by atoms with van der Waals surface area (Å²) in [7, 11) is 1.31. The van der Waals surface area contributed by atoms with Crippen LogP contribution in [0.3, 0.4) is 0 Å². The van der Waals surface area contributed by atoms with Crippen molar-refractivity contribution in [2.75, 3.05) is 31.6 Å². The van der Waals surface area contributed by atoms with E-state index in [-0.39, 0.29) is 40.5 Å². The lowest BCUT2D eigenvalue weighted by atomic mass is 10.1. The fraction of sp³-hybridized carbons (Fsp3) is 0.455. The monoisotopic (exact) mass is 512 g/mol. The number of carbonyl (C=O) groups is 1. The van der Waals surface area contributed by atoms with E-state index in [1.165, 1.54) is 23.9 Å². The summed E-state index contributed by atoms with van der Waals surface area (Å²) in [4.78, 5) is 24.4. The number of methoxy groups -OCH3 is 1. The van der Waals surface area contributed by atoms with Crippen LogP contribution in [0.5, 0.6) is 5.75 Å². The van der Waals surface area contributed by atoms with Crippen LogP contribution in [-0.2, 0) is 17.5 Å². The molecule has 2 aromatic heterocycles. The third-order valence-corrected chi connectivity index (χ3v) is 6.92. The minimum atomic E-state index is -4.64. The molecule has 35 heavy (non-hydrogen) atoms. The topological polar surface area (TPSA) is 76.4 Å². The Balaban J connectivity index is 1.58. The van der Waals surface area contributed by atoms with E-state index < -0.39 is 17.0 Å². The highest BCUT2D eigenvalue weighted by molar-refractivity contribution is 7.16. The van der Waals surface area contributed by atoms with Gasteiger partial charge in [0, 0.05) is 31.2 Å². The lowest BCUT2D eigenvalue weighted by Crippen LogP contribution is -2.54. The molecule has 1 aromatic carbocycles. The zero-order valence-corrected chi connectivity index (χ0v) is 20.4. The molecule has 0 saturated carbocycles. The van der Waals surface area contributed by atoms with Gasteiger partial charge in [0.1, 0.15) is 28.9 Å². The molecule has 13 heteroatoms. The Morgan fingerprint density at radius 2 is 1.97 bits per heavy atom. The predicted octanol–water partition coefficient (Wildman–Crippen LogP) is 3.92. The number of amides is 1. The standard InChI is InChI=1S/C22H24F4N6O2S/c1-12-10-30(7-8-31(12)18(33)11-32-14(3)27-13(2)29-32)20-19(28-21(35-20)22(24,25)26)15-5-6-17(34-4)16(23)9-15/h5-6,9,12H,7-8,10-11H2,1-4H3/t12-/m1/s1. The second-order valence-electron chi connectivity index (χ2n) is 8.27. The van der Waals surface area contributed by atoms with Crippen LogP contribution in [0.25, 0.3) is 11.3 Å². The Labute approximate surface area is 203 Å². The number of nitrogens with zero attached hydrogens (tertiary/aromatic N) is 6. The maximum atomic E-state index is 14.3. The first kappa shape index (κ1) is 24.9. The van der Waals surface area contributed by atoms with E-state index in [0.29, 0.717) is 42.6 Å². The van der Waals surface area contributed by atoms with Crippen molar-refractivity contribution in [2.45, 2.75) is 39.5 Å². The first-order chi connectivity index (χ1) is 16.5. The first-order valence-electron chi connectivity index (χ1n) is 10.8. The number of rotatable bonds is 5. The number of thiazole rings is 1. The van der Waals surface area contributed by atoms with Crippen molar-refractivity contribution in [3.05, 3.63) is 40.7 Å². The van der Waals surface area contributed by atoms with Crippen LogP contribution in [0.2, 0.25) is 0 Å². The van der Waals surface area contributed by atoms with Gasteiger partial charge in [-0.25, -0.2) is 19.0 Å². The van der Waals surface area contributed by atoms with E-state index in [9.17, 15) is 22.4 Å². The van der Waals surface area contributed by atoms with Gasteiger partial charge in [-0.3, -0.25) is 4.79 Å². The fourth-order valence-electron chi connectivity index (χ4n) is 4.09. The first-order valence-corrected chi connectivity index (χ1v) is 11.6. The molecular formula is C22H24F4N6O2S. The molecule has 0 spiro atoms. The molecule has 1 saturated heterocycles. The van der Waals surface area contributed by atoms with Gasteiger partial charge in [-0.2, -0.15) is 18.3 Å². The number of anilines is 1. The van der Waals surface area contributed by atoms with E-state index in [1.54, 1.807) is 23.6 Å². The molecule has 3 aromatic rings. The molecule has 1 aliphatic rings. The normalized spacial score (nSPS) is 16.6. The quantitative estimate of drug-likeness (QED) is 0.483. The fourth-order valence-corrected chi connectivity index (χ4v) is 5.08. The molecule has 8 nitrogen and oxygen atoms in total. The van der Waals surface area contributed by atoms with Crippen LogP contribution in [0.4, 0.5) is 22.6 Å². The third kappa shape index (κ3) is 5.09. The zero-order valence-electron chi connectivity index (χ0n) is 19.6. The summed E-state index contributed by atoms with van der Waals surface area (Å²) < 4.78 is 61.3.